The van der Waals surface area contributed by atoms with Gasteiger partial charge < -0.3 is 9.32 Å². The molecule has 0 fully saturated rings. The summed E-state index contributed by atoms with van der Waals surface area (Å²) in [7, 11) is 0. The molecule has 0 radical (unpaired) electrons. The number of nitrogens with zero attached hydrogens (tertiary/aromatic N) is 4. The Hall–Kier alpha value is -7.63. The Balaban J connectivity index is 1.12. The molecule has 0 N–H and O–H groups in total. The lowest BCUT2D eigenvalue weighted by molar-refractivity contribution is 0.669. The first-order valence-electron chi connectivity index (χ1n) is 18.9. The quantitative estimate of drug-likeness (QED) is 0.182. The van der Waals surface area contributed by atoms with Crippen LogP contribution in [-0.2, 0) is 0 Å². The number of fused-ring (bicyclic) bond motifs is 8. The zero-order valence-electron chi connectivity index (χ0n) is 30.0. The van der Waals surface area contributed by atoms with E-state index >= 15 is 0 Å². The van der Waals surface area contributed by atoms with Crippen molar-refractivity contribution < 1.29 is 4.42 Å². The van der Waals surface area contributed by atoms with Crippen molar-refractivity contribution in [2.75, 3.05) is 4.90 Å². The van der Waals surface area contributed by atoms with Crippen molar-refractivity contribution in [2.45, 2.75) is 0 Å². The average molecular weight is 715 g/mol. The topological polar surface area (TPSA) is 55.1 Å². The summed E-state index contributed by atoms with van der Waals surface area (Å²) >= 11 is 0. The first-order valence-corrected chi connectivity index (χ1v) is 18.9. The number of hydrogen-bond donors (Lipinski definition) is 0. The van der Waals surface area contributed by atoms with Gasteiger partial charge in [-0.3, -0.25) is 0 Å². The number of benzene rings is 9. The van der Waals surface area contributed by atoms with E-state index in [1.807, 2.05) is 60.7 Å². The minimum absolute atomic E-state index is 0.561. The second kappa shape index (κ2) is 11.9. The van der Waals surface area contributed by atoms with E-state index in [2.05, 4.69) is 126 Å². The van der Waals surface area contributed by atoms with Crippen molar-refractivity contribution in [1.82, 2.24) is 15.0 Å². The van der Waals surface area contributed by atoms with Gasteiger partial charge in [0.25, 0.3) is 0 Å². The van der Waals surface area contributed by atoms with Crippen LogP contribution in [0.3, 0.4) is 0 Å². The number of para-hydroxylation sites is 2. The van der Waals surface area contributed by atoms with E-state index in [4.69, 9.17) is 19.4 Å². The minimum Gasteiger partial charge on any atom is -0.455 e. The first kappa shape index (κ1) is 30.8. The summed E-state index contributed by atoms with van der Waals surface area (Å²) in [6.45, 7) is 0. The Bertz CT molecular complexity index is 3380. The van der Waals surface area contributed by atoms with E-state index in [1.165, 1.54) is 38.4 Å². The number of furan rings is 1. The Labute approximate surface area is 321 Å². The van der Waals surface area contributed by atoms with Crippen molar-refractivity contribution in [3.8, 4) is 45.3 Å². The predicted octanol–water partition coefficient (Wildman–Crippen LogP) is 13.7. The molecule has 5 heteroatoms. The van der Waals surface area contributed by atoms with Crippen LogP contribution >= 0.6 is 0 Å². The van der Waals surface area contributed by atoms with Gasteiger partial charge in [-0.2, -0.15) is 0 Å². The van der Waals surface area contributed by atoms with Gasteiger partial charge in [-0.05, 0) is 46.0 Å². The molecule has 9 aromatic carbocycles. The number of rotatable bonds is 4. The van der Waals surface area contributed by atoms with Crippen LogP contribution in [0, 0.1) is 0 Å². The number of aromatic nitrogens is 3. The molecule has 11 aromatic rings. The molecule has 0 unspecified atom stereocenters. The summed E-state index contributed by atoms with van der Waals surface area (Å²) in [6, 6.07) is 64.0. The highest BCUT2D eigenvalue weighted by atomic mass is 16.3. The predicted molar refractivity (Wildman–Crippen MR) is 230 cm³/mol. The van der Waals surface area contributed by atoms with Crippen LogP contribution < -0.4 is 4.90 Å². The zero-order chi connectivity index (χ0) is 36.7. The van der Waals surface area contributed by atoms with Gasteiger partial charge in [0.05, 0.1) is 22.6 Å². The van der Waals surface area contributed by atoms with Gasteiger partial charge >= 0.3 is 0 Å². The third-order valence-corrected chi connectivity index (χ3v) is 11.2. The van der Waals surface area contributed by atoms with Gasteiger partial charge in [-0.1, -0.05) is 158 Å². The Morgan fingerprint density at radius 2 is 0.964 bits per heavy atom. The maximum atomic E-state index is 6.48. The standard InChI is InChI=1S/C51H30N4O/c1-2-14-33(15-3-1)49-52-50(54-51(53-49)42-25-11-23-40-37-19-6-7-28-45(37)56-48(40)42)41-24-10-21-36-35(41)20-12-26-43(36)55-44-27-9-17-32-16-8-22-38(46(32)44)39-30-29-31-13-4-5-18-34(31)47(39)55/h1-30H. The van der Waals surface area contributed by atoms with Crippen LogP contribution in [0.25, 0.3) is 99.5 Å². The molecule has 1 aliphatic rings. The average Bonchev–Trinajstić information content (AvgIpc) is 3.65. The van der Waals surface area contributed by atoms with E-state index in [-0.39, 0.29) is 0 Å². The molecular weight excluding hydrogens is 685 g/mol. The molecule has 12 rings (SSSR count). The maximum Gasteiger partial charge on any atom is 0.167 e. The fourth-order valence-electron chi connectivity index (χ4n) is 8.76. The lowest BCUT2D eigenvalue weighted by Gasteiger charge is -2.35. The summed E-state index contributed by atoms with van der Waals surface area (Å²) in [6.07, 6.45) is 0. The summed E-state index contributed by atoms with van der Waals surface area (Å²) in [5, 5.41) is 9.12. The monoisotopic (exact) mass is 714 g/mol. The molecule has 0 amide bonds. The zero-order valence-corrected chi connectivity index (χ0v) is 30.0. The van der Waals surface area contributed by atoms with Gasteiger partial charge in [-0.15, -0.1) is 0 Å². The van der Waals surface area contributed by atoms with Crippen molar-refractivity contribution in [3.63, 3.8) is 0 Å². The fraction of sp³-hybridized carbons (Fsp3) is 0. The van der Waals surface area contributed by atoms with Gasteiger partial charge in [0, 0.05) is 43.6 Å². The fourth-order valence-corrected chi connectivity index (χ4v) is 8.76. The van der Waals surface area contributed by atoms with E-state index in [1.54, 1.807) is 0 Å². The number of anilines is 3. The first-order chi connectivity index (χ1) is 27.8. The van der Waals surface area contributed by atoms with E-state index in [0.717, 1.165) is 60.8 Å². The highest BCUT2D eigenvalue weighted by Gasteiger charge is 2.29. The molecule has 5 nitrogen and oxygen atoms in total. The highest BCUT2D eigenvalue weighted by molar-refractivity contribution is 6.21. The summed E-state index contributed by atoms with van der Waals surface area (Å²) in [5.74, 6) is 1.76. The second-order valence-corrected chi connectivity index (χ2v) is 14.3. The third-order valence-electron chi connectivity index (χ3n) is 11.2. The van der Waals surface area contributed by atoms with Crippen LogP contribution in [0.2, 0.25) is 0 Å². The van der Waals surface area contributed by atoms with Crippen molar-refractivity contribution in [3.05, 3.63) is 182 Å². The Kier molecular flexibility index (Phi) is 6.56. The van der Waals surface area contributed by atoms with Gasteiger partial charge in [-0.25, -0.2) is 15.0 Å². The Morgan fingerprint density at radius 1 is 0.357 bits per heavy atom. The molecule has 0 atom stereocenters. The normalized spacial score (nSPS) is 12.2. The van der Waals surface area contributed by atoms with E-state index < -0.39 is 0 Å². The molecule has 1 aliphatic heterocycles. The lowest BCUT2D eigenvalue weighted by Crippen LogP contribution is -2.16. The lowest BCUT2D eigenvalue weighted by atomic mass is 9.88. The SMILES string of the molecule is c1ccc(-c2nc(-c3cccc4c(N5c6c(ccc7ccccc67)-c6cccc7cccc5c67)cccc34)nc(-c3cccc4c3oc3ccccc34)n2)cc1. The summed E-state index contributed by atoms with van der Waals surface area (Å²) in [4.78, 5) is 18.0. The van der Waals surface area contributed by atoms with E-state index in [0.29, 0.717) is 17.5 Å². The van der Waals surface area contributed by atoms with Crippen molar-refractivity contribution in [1.29, 1.82) is 0 Å². The molecule has 0 bridgehead atoms. The summed E-state index contributed by atoms with van der Waals surface area (Å²) in [5.41, 5.74) is 10.2. The van der Waals surface area contributed by atoms with Crippen LogP contribution in [0.4, 0.5) is 17.1 Å². The molecule has 56 heavy (non-hydrogen) atoms. The van der Waals surface area contributed by atoms with E-state index in [9.17, 15) is 0 Å². The maximum absolute atomic E-state index is 6.48. The van der Waals surface area contributed by atoms with Crippen molar-refractivity contribution >= 4 is 71.3 Å². The molecule has 0 saturated carbocycles. The molecule has 0 spiro atoms. The van der Waals surface area contributed by atoms with Gasteiger partial charge in [0.2, 0.25) is 0 Å². The molecular formula is C51H30N4O. The molecule has 3 heterocycles. The smallest absolute Gasteiger partial charge is 0.167 e. The van der Waals surface area contributed by atoms with Gasteiger partial charge in [0.1, 0.15) is 11.2 Å². The van der Waals surface area contributed by atoms with Crippen molar-refractivity contribution in [2.24, 2.45) is 0 Å². The molecule has 0 saturated heterocycles. The molecule has 260 valence electrons. The van der Waals surface area contributed by atoms with Crippen LogP contribution in [-0.4, -0.2) is 15.0 Å². The molecule has 2 aromatic heterocycles. The van der Waals surface area contributed by atoms with Gasteiger partial charge in [0.15, 0.2) is 17.5 Å². The van der Waals surface area contributed by atoms with Crippen LogP contribution in [0.1, 0.15) is 0 Å². The second-order valence-electron chi connectivity index (χ2n) is 14.3. The summed E-state index contributed by atoms with van der Waals surface area (Å²) < 4.78 is 6.48. The largest absolute Gasteiger partial charge is 0.455 e. The van der Waals surface area contributed by atoms with Crippen LogP contribution in [0.5, 0.6) is 0 Å². The van der Waals surface area contributed by atoms with Crippen LogP contribution in [0.15, 0.2) is 186 Å². The minimum atomic E-state index is 0.561. The highest BCUT2D eigenvalue weighted by Crippen LogP contribution is 2.54. The third kappa shape index (κ3) is 4.52. The molecule has 0 aliphatic carbocycles. The Morgan fingerprint density at radius 3 is 1.86 bits per heavy atom. The number of hydrogen-bond acceptors (Lipinski definition) is 5.